The molecular weight excluding hydrogens is 1400 g/mol. The van der Waals surface area contributed by atoms with Crippen molar-refractivity contribution in [3.63, 3.8) is 0 Å². The van der Waals surface area contributed by atoms with Gasteiger partial charge in [0, 0.05) is 102 Å². The lowest BCUT2D eigenvalue weighted by atomic mass is 9.94. The van der Waals surface area contributed by atoms with Crippen LogP contribution in [0.25, 0.3) is 200 Å². The zero-order valence-electron chi connectivity index (χ0n) is 63.5. The van der Waals surface area contributed by atoms with E-state index in [1.807, 2.05) is 43.0 Å². The Hall–Kier alpha value is -15.2. The van der Waals surface area contributed by atoms with E-state index in [4.69, 9.17) is 19.9 Å². The maximum Gasteiger partial charge on any atom is 0.235 e. The molecule has 0 radical (unpaired) electrons. The van der Waals surface area contributed by atoms with E-state index < -0.39 is 0 Å². The van der Waals surface area contributed by atoms with Crippen molar-refractivity contribution in [1.82, 2.24) is 43.2 Å². The van der Waals surface area contributed by atoms with Gasteiger partial charge in [-0.3, -0.25) is 14.1 Å². The van der Waals surface area contributed by atoms with Crippen LogP contribution in [0.5, 0.6) is 0 Å². The van der Waals surface area contributed by atoms with Gasteiger partial charge in [0.1, 0.15) is 0 Å². The van der Waals surface area contributed by atoms with Gasteiger partial charge in [-0.1, -0.05) is 237 Å². The second-order valence-corrected chi connectivity index (χ2v) is 29.9. The van der Waals surface area contributed by atoms with Crippen molar-refractivity contribution in [3.8, 4) is 113 Å². The van der Waals surface area contributed by atoms with E-state index in [9.17, 15) is 0 Å². The lowest BCUT2D eigenvalue weighted by molar-refractivity contribution is 0.992. The summed E-state index contributed by atoms with van der Waals surface area (Å²) in [6.45, 7) is 6.53. The first-order chi connectivity index (χ1) is 56.7. The second kappa shape index (κ2) is 28.3. The Labute approximate surface area is 665 Å². The predicted molar refractivity (Wildman–Crippen MR) is 477 cm³/mol. The molecule has 9 nitrogen and oxygen atoms in total. The third kappa shape index (κ3) is 12.2. The van der Waals surface area contributed by atoms with Crippen LogP contribution in [0.1, 0.15) is 16.7 Å². The van der Waals surface area contributed by atoms with E-state index in [0.29, 0.717) is 11.9 Å². The second-order valence-electron chi connectivity index (χ2n) is 29.9. The molecule has 0 atom stereocenters. The van der Waals surface area contributed by atoms with Gasteiger partial charge in [0.15, 0.2) is 0 Å². The van der Waals surface area contributed by atoms with E-state index >= 15 is 0 Å². The molecule has 542 valence electrons. The molecule has 0 amide bonds. The van der Waals surface area contributed by atoms with E-state index in [0.717, 1.165) is 94.4 Å². The average molecular weight is 1470 g/mol. The topological polar surface area (TPSA) is 84.2 Å². The summed E-state index contributed by atoms with van der Waals surface area (Å²) >= 11 is 0. The van der Waals surface area contributed by atoms with Crippen LogP contribution in [0.2, 0.25) is 0 Å². The van der Waals surface area contributed by atoms with Crippen molar-refractivity contribution in [2.24, 2.45) is 0 Å². The number of nitrogens with zero attached hydrogens (tertiary/aromatic N) is 9. The highest BCUT2D eigenvalue weighted by Gasteiger charge is 2.22. The first kappa shape index (κ1) is 67.9. The molecule has 15 aromatic carbocycles. The maximum absolute atomic E-state index is 5.22. The molecule has 0 saturated carbocycles. The minimum absolute atomic E-state index is 0.634. The number of pyridine rings is 1. The molecule has 0 aliphatic heterocycles. The first-order valence-corrected chi connectivity index (χ1v) is 39.1. The summed E-state index contributed by atoms with van der Waals surface area (Å²) < 4.78 is 9.15. The fourth-order valence-corrected chi connectivity index (χ4v) is 17.4. The highest BCUT2D eigenvalue weighted by molar-refractivity contribution is 6.15. The number of fused-ring (bicyclic) bond motifs is 12. The number of hydrogen-bond acceptors (Lipinski definition) is 5. The Kier molecular flexibility index (Phi) is 16.7. The molecule has 0 bridgehead atoms. The third-order valence-electron chi connectivity index (χ3n) is 22.7. The highest BCUT2D eigenvalue weighted by Crippen LogP contribution is 2.43. The smallest absolute Gasteiger partial charge is 0.235 e. The summed E-state index contributed by atoms with van der Waals surface area (Å²) in [4.78, 5) is 24.7. The van der Waals surface area contributed by atoms with Crippen LogP contribution in [0.4, 0.5) is 0 Å². The lowest BCUT2D eigenvalue weighted by Gasteiger charge is -2.12. The minimum Gasteiger partial charge on any atom is -0.309 e. The van der Waals surface area contributed by atoms with Crippen LogP contribution in [-0.2, 0) is 0 Å². The molecule has 22 rings (SSSR count). The van der Waals surface area contributed by atoms with Crippen LogP contribution in [0.3, 0.4) is 0 Å². The van der Waals surface area contributed by atoms with Crippen molar-refractivity contribution >= 4 is 87.2 Å². The van der Waals surface area contributed by atoms with Crippen LogP contribution in [0, 0.1) is 20.8 Å². The number of aromatic nitrogens is 9. The zero-order chi connectivity index (χ0) is 76.6. The van der Waals surface area contributed by atoms with Gasteiger partial charge < -0.3 is 9.13 Å². The normalized spacial score (nSPS) is 11.6. The quantitative estimate of drug-likeness (QED) is 0.122. The van der Waals surface area contributed by atoms with Gasteiger partial charge in [0.05, 0.1) is 55.5 Å². The number of para-hydroxylation sites is 5. The molecule has 0 aliphatic rings. The van der Waals surface area contributed by atoms with Gasteiger partial charge in [-0.15, -0.1) is 0 Å². The molecule has 0 N–H and O–H groups in total. The van der Waals surface area contributed by atoms with Gasteiger partial charge in [-0.05, 0) is 220 Å². The highest BCUT2D eigenvalue weighted by atomic mass is 15.2. The Morgan fingerprint density at radius 2 is 0.539 bits per heavy atom. The first-order valence-electron chi connectivity index (χ1n) is 39.1. The van der Waals surface area contributed by atoms with Crippen LogP contribution >= 0.6 is 0 Å². The van der Waals surface area contributed by atoms with Crippen molar-refractivity contribution in [2.75, 3.05) is 0 Å². The van der Waals surface area contributed by atoms with Gasteiger partial charge in [-0.2, -0.15) is 0 Å². The summed E-state index contributed by atoms with van der Waals surface area (Å²) in [5, 5.41) is 9.63. The molecule has 0 unspecified atom stereocenters. The zero-order valence-corrected chi connectivity index (χ0v) is 63.5. The monoisotopic (exact) mass is 1470 g/mol. The largest absolute Gasteiger partial charge is 0.309 e. The van der Waals surface area contributed by atoms with Crippen LogP contribution in [-0.4, -0.2) is 43.2 Å². The number of rotatable bonds is 12. The van der Waals surface area contributed by atoms with Crippen LogP contribution in [0.15, 0.2) is 389 Å². The van der Waals surface area contributed by atoms with Gasteiger partial charge in [0.2, 0.25) is 11.9 Å². The molecule has 115 heavy (non-hydrogen) atoms. The summed E-state index contributed by atoms with van der Waals surface area (Å²) in [7, 11) is 0. The summed E-state index contributed by atoms with van der Waals surface area (Å²) in [6.07, 6.45) is 7.58. The molecule has 0 aliphatic carbocycles. The Balaban J connectivity index is 0.000000144. The summed E-state index contributed by atoms with van der Waals surface area (Å²) in [6, 6.07) is 130. The number of hydrogen-bond donors (Lipinski definition) is 0. The minimum atomic E-state index is 0.634. The lowest BCUT2D eigenvalue weighted by Crippen LogP contribution is -2.01. The number of aryl methyl sites for hydroxylation is 3. The fourth-order valence-electron chi connectivity index (χ4n) is 17.4. The van der Waals surface area contributed by atoms with E-state index in [2.05, 4.69) is 390 Å². The maximum atomic E-state index is 5.22. The predicted octanol–water partition coefficient (Wildman–Crippen LogP) is 27.0. The Morgan fingerprint density at radius 3 is 1.01 bits per heavy atom. The average Bonchev–Trinajstić information content (AvgIpc) is 1.59. The van der Waals surface area contributed by atoms with E-state index in [1.165, 1.54) is 110 Å². The standard InChI is InChI=1S/C53H37N5.C53H36N4/c1-34-25-35(2)27-43(26-34)57-49-17-8-6-15-44(49)46-30-38(19-21-51(46)57)39-20-22-52-47(31-39)45-16-7-9-18-50(45)58(52)53-55-24-23-48(56-53)40-14-10-13-37(28-40)42-29-41(32-54-33-42)36-11-4-3-5-12-36;1-35-31-37(36-13-4-2-5-14-36)23-26-43(35)40-15-12-16-41(32-40)48-29-30-54-53(55-48)57-50-22-11-9-20-45(50)47-34-39(25-28-52(47)57)38-24-27-51-46(33-38)44-19-8-10-21-49(44)56(51)42-17-6-3-7-18-42/h3-33H,1-2H3;2-34H,1H3. The Bertz CT molecular complexity index is 7550. The van der Waals surface area contributed by atoms with Crippen molar-refractivity contribution in [2.45, 2.75) is 20.8 Å². The van der Waals surface area contributed by atoms with Crippen LogP contribution < -0.4 is 0 Å². The third-order valence-corrected chi connectivity index (χ3v) is 22.7. The Morgan fingerprint density at radius 1 is 0.209 bits per heavy atom. The fraction of sp³-hybridized carbons (Fsp3) is 0.0283. The SMILES string of the molecule is Cc1cc(-c2ccccc2)ccc1-c1cccc(-c2ccnc(-n3c4ccccc4c4cc(-c5ccc6c(c5)c5ccccc5n6-c5ccccc5)ccc43)n2)c1.Cc1cc(C)cc(-n2c3ccccc3c3cc(-c4ccc5c(c4)c4ccccc4n5-c4nccc(-c5cccc(-c6cncc(-c7ccccc7)c6)c5)n4)ccc32)c1. The van der Waals surface area contributed by atoms with Gasteiger partial charge >= 0.3 is 0 Å². The molecule has 0 fully saturated rings. The van der Waals surface area contributed by atoms with Crippen molar-refractivity contribution in [1.29, 1.82) is 0 Å². The number of benzene rings is 15. The molecule has 0 spiro atoms. The van der Waals surface area contributed by atoms with Gasteiger partial charge in [-0.25, -0.2) is 19.9 Å². The molecule has 7 heterocycles. The summed E-state index contributed by atoms with van der Waals surface area (Å²) in [5.74, 6) is 1.28. The molecule has 0 saturated heterocycles. The molecular formula is C106H73N9. The van der Waals surface area contributed by atoms with E-state index in [-0.39, 0.29) is 0 Å². The summed E-state index contributed by atoms with van der Waals surface area (Å²) in [5.41, 5.74) is 32.9. The van der Waals surface area contributed by atoms with E-state index in [1.54, 1.807) is 0 Å². The van der Waals surface area contributed by atoms with Crippen molar-refractivity contribution in [3.05, 3.63) is 405 Å². The molecule has 22 aromatic rings. The van der Waals surface area contributed by atoms with Gasteiger partial charge in [0.25, 0.3) is 0 Å². The molecule has 7 aromatic heterocycles. The molecule has 9 heteroatoms. The van der Waals surface area contributed by atoms with Crippen molar-refractivity contribution < 1.29 is 0 Å².